The van der Waals surface area contributed by atoms with Crippen LogP contribution in [0.4, 0.5) is 18.9 Å². The van der Waals surface area contributed by atoms with E-state index >= 15 is 0 Å². The molecule has 1 aromatic heterocycles. The summed E-state index contributed by atoms with van der Waals surface area (Å²) < 4.78 is 45.6. The second kappa shape index (κ2) is 10.3. The number of nitrogens with zero attached hydrogens (tertiary/aromatic N) is 3. The Morgan fingerprint density at radius 1 is 1.19 bits per heavy atom. The zero-order valence-corrected chi connectivity index (χ0v) is 19.4. The predicted octanol–water partition coefficient (Wildman–Crippen LogP) is 4.82. The Bertz CT molecular complexity index is 948. The molecule has 2 heterocycles. The van der Waals surface area contributed by atoms with Gasteiger partial charge in [-0.1, -0.05) is 34.8 Å². The van der Waals surface area contributed by atoms with Gasteiger partial charge in [0.2, 0.25) is 0 Å². The van der Waals surface area contributed by atoms with Gasteiger partial charge in [0, 0.05) is 19.2 Å². The molecule has 0 spiro atoms. The first-order chi connectivity index (χ1) is 15.0. The molecular formula is C20H23Cl3F3N3O3. The molecule has 3 rings (SSSR count). The van der Waals surface area contributed by atoms with Gasteiger partial charge in [-0.05, 0) is 31.7 Å². The largest absolute Gasteiger partial charge is 0.490 e. The van der Waals surface area contributed by atoms with Crippen LogP contribution >= 0.6 is 34.8 Å². The third-order valence-electron chi connectivity index (χ3n) is 5.54. The number of aliphatic hydroxyl groups excluding tert-OH is 2. The van der Waals surface area contributed by atoms with Crippen LogP contribution in [0.1, 0.15) is 24.2 Å². The molecule has 1 aromatic carbocycles. The number of hydrogen-bond donors (Lipinski definition) is 2. The highest BCUT2D eigenvalue weighted by atomic mass is 35.5. The van der Waals surface area contributed by atoms with Crippen molar-refractivity contribution in [2.45, 2.75) is 38.6 Å². The van der Waals surface area contributed by atoms with Gasteiger partial charge in [0.25, 0.3) is 0 Å². The minimum Gasteiger partial charge on any atom is -0.490 e. The molecule has 6 nitrogen and oxygen atoms in total. The topological polar surface area (TPSA) is 70.8 Å². The summed E-state index contributed by atoms with van der Waals surface area (Å²) in [5.74, 6) is 0.285. The molecule has 1 saturated heterocycles. The first-order valence-corrected chi connectivity index (χ1v) is 11.1. The van der Waals surface area contributed by atoms with Crippen LogP contribution in [0.25, 0.3) is 0 Å². The highest BCUT2D eigenvalue weighted by Gasteiger charge is 2.38. The van der Waals surface area contributed by atoms with Crippen molar-refractivity contribution in [3.8, 4) is 5.75 Å². The lowest BCUT2D eigenvalue weighted by Crippen LogP contribution is -2.39. The molecule has 1 atom stereocenters. The van der Waals surface area contributed by atoms with Gasteiger partial charge in [0.05, 0.1) is 45.7 Å². The lowest BCUT2D eigenvalue weighted by Gasteiger charge is -2.36. The number of alkyl halides is 3. The van der Waals surface area contributed by atoms with Crippen LogP contribution in [0, 0.1) is 12.8 Å². The van der Waals surface area contributed by atoms with Crippen LogP contribution in [0.2, 0.25) is 15.1 Å². The molecule has 1 aliphatic rings. The Balaban J connectivity index is 1.65. The van der Waals surface area contributed by atoms with Gasteiger partial charge in [-0.3, -0.25) is 4.68 Å². The molecular weight excluding hydrogens is 494 g/mol. The molecule has 1 unspecified atom stereocenters. The monoisotopic (exact) mass is 515 g/mol. The van der Waals surface area contributed by atoms with E-state index in [0.29, 0.717) is 41.7 Å². The van der Waals surface area contributed by atoms with Crippen molar-refractivity contribution in [1.82, 2.24) is 9.78 Å². The van der Waals surface area contributed by atoms with Crippen molar-refractivity contribution >= 4 is 40.5 Å². The van der Waals surface area contributed by atoms with E-state index in [0.717, 1.165) is 10.4 Å². The van der Waals surface area contributed by atoms with Gasteiger partial charge in [-0.2, -0.15) is 18.3 Å². The first-order valence-electron chi connectivity index (χ1n) is 9.98. The molecule has 0 bridgehead atoms. The van der Waals surface area contributed by atoms with E-state index in [4.69, 9.17) is 44.6 Å². The van der Waals surface area contributed by atoms with E-state index in [1.54, 1.807) is 12.1 Å². The highest BCUT2D eigenvalue weighted by molar-refractivity contribution is 6.37. The summed E-state index contributed by atoms with van der Waals surface area (Å²) in [5, 5.41) is 23.5. The number of hydrogen-bond acceptors (Lipinski definition) is 5. The van der Waals surface area contributed by atoms with Gasteiger partial charge >= 0.3 is 6.18 Å². The van der Waals surface area contributed by atoms with Crippen molar-refractivity contribution in [2.75, 3.05) is 31.2 Å². The number of aliphatic hydroxyl groups is 2. The van der Waals surface area contributed by atoms with Gasteiger partial charge < -0.3 is 19.8 Å². The van der Waals surface area contributed by atoms with E-state index in [1.807, 2.05) is 4.90 Å². The molecule has 2 aromatic rings. The summed E-state index contributed by atoms with van der Waals surface area (Å²) in [6, 6.07) is 3.29. The number of anilines is 1. The second-order valence-corrected chi connectivity index (χ2v) is 8.82. The summed E-state index contributed by atoms with van der Waals surface area (Å²) in [6.45, 7) is 2.47. The van der Waals surface area contributed by atoms with Crippen molar-refractivity contribution in [3.63, 3.8) is 0 Å². The number of piperidine rings is 1. The van der Waals surface area contributed by atoms with Crippen molar-refractivity contribution in [1.29, 1.82) is 0 Å². The van der Waals surface area contributed by atoms with Gasteiger partial charge in [-0.15, -0.1) is 0 Å². The maximum Gasteiger partial charge on any atom is 0.436 e. The quantitative estimate of drug-likeness (QED) is 0.552. The molecule has 2 N–H and O–H groups in total. The number of benzene rings is 1. The molecule has 32 heavy (non-hydrogen) atoms. The Hall–Kier alpha value is -1.39. The van der Waals surface area contributed by atoms with E-state index in [1.165, 1.54) is 6.92 Å². The van der Waals surface area contributed by atoms with E-state index in [9.17, 15) is 18.3 Å². The summed E-state index contributed by atoms with van der Waals surface area (Å²) >= 11 is 18.3. The van der Waals surface area contributed by atoms with Crippen molar-refractivity contribution in [3.05, 3.63) is 38.6 Å². The second-order valence-electron chi connectivity index (χ2n) is 7.63. The smallest absolute Gasteiger partial charge is 0.436 e. The predicted molar refractivity (Wildman–Crippen MR) is 117 cm³/mol. The first kappa shape index (κ1) is 25.2. The molecule has 0 amide bonds. The molecule has 0 aliphatic carbocycles. The summed E-state index contributed by atoms with van der Waals surface area (Å²) in [4.78, 5) is 2.03. The summed E-state index contributed by atoms with van der Waals surface area (Å²) in [6.07, 6.45) is -4.32. The molecule has 1 fully saturated rings. The van der Waals surface area contributed by atoms with Crippen LogP contribution in [0.15, 0.2) is 12.1 Å². The zero-order valence-electron chi connectivity index (χ0n) is 17.2. The van der Waals surface area contributed by atoms with Crippen LogP contribution in [-0.2, 0) is 12.7 Å². The minimum atomic E-state index is -4.65. The number of rotatable bonds is 7. The van der Waals surface area contributed by atoms with E-state index < -0.39 is 23.0 Å². The van der Waals surface area contributed by atoms with Gasteiger partial charge in [-0.25, -0.2) is 0 Å². The highest BCUT2D eigenvalue weighted by Crippen LogP contribution is 2.39. The molecule has 0 saturated carbocycles. The maximum absolute atomic E-state index is 13.0. The van der Waals surface area contributed by atoms with Crippen LogP contribution in [-0.4, -0.2) is 52.4 Å². The summed E-state index contributed by atoms with van der Waals surface area (Å²) in [7, 11) is 0. The fourth-order valence-corrected chi connectivity index (χ4v) is 4.56. The van der Waals surface area contributed by atoms with Crippen LogP contribution in [0.3, 0.4) is 0 Å². The van der Waals surface area contributed by atoms with Crippen molar-refractivity contribution < 1.29 is 28.1 Å². The Kier molecular flexibility index (Phi) is 8.09. The number of aromatic nitrogens is 2. The van der Waals surface area contributed by atoms with Gasteiger partial charge in [0.15, 0.2) is 5.69 Å². The van der Waals surface area contributed by atoms with Crippen molar-refractivity contribution in [2.24, 2.45) is 5.92 Å². The Labute approximate surface area is 198 Å². The average Bonchev–Trinajstić information content (AvgIpc) is 3.02. The molecule has 12 heteroatoms. The van der Waals surface area contributed by atoms with Crippen LogP contribution < -0.4 is 9.64 Å². The summed E-state index contributed by atoms with van der Waals surface area (Å²) in [5.41, 5.74) is -0.254. The lowest BCUT2D eigenvalue weighted by molar-refractivity contribution is -0.141. The number of halogens is 6. The average molecular weight is 517 g/mol. The van der Waals surface area contributed by atoms with Crippen LogP contribution in [0.5, 0.6) is 5.75 Å². The minimum absolute atomic E-state index is 0.0762. The van der Waals surface area contributed by atoms with Gasteiger partial charge in [0.1, 0.15) is 12.4 Å². The zero-order chi connectivity index (χ0) is 23.6. The normalized spacial score (nSPS) is 16.5. The molecule has 0 radical (unpaired) electrons. The molecule has 178 valence electrons. The number of ether oxygens (including phenoxy) is 1. The molecule has 1 aliphatic heterocycles. The third-order valence-corrected chi connectivity index (χ3v) is 6.59. The van der Waals surface area contributed by atoms with E-state index in [-0.39, 0.29) is 31.4 Å². The maximum atomic E-state index is 13.0. The standard InChI is InChI=1S/C20H23Cl3F3N3O3/c1-11-18(23)19(20(24,25)26)27-29(11)10-16(31)12-2-4-28(5-3-12)15-9-17(32-7-6-30)14(22)8-13(15)21/h8-9,12,16,30-31H,2-7,10H2,1H3. The lowest BCUT2D eigenvalue weighted by atomic mass is 9.91. The third kappa shape index (κ3) is 5.56. The van der Waals surface area contributed by atoms with E-state index in [2.05, 4.69) is 5.10 Å². The fourth-order valence-electron chi connectivity index (χ4n) is 3.76. The SMILES string of the molecule is Cc1c(Cl)c(C(F)(F)F)nn1CC(O)C1CCN(c2cc(OCCO)c(Cl)cc2Cl)CC1. The Morgan fingerprint density at radius 2 is 1.84 bits per heavy atom. The fraction of sp³-hybridized carbons (Fsp3) is 0.550. The Morgan fingerprint density at radius 3 is 2.41 bits per heavy atom.